The molecule has 1 spiro atoms. The van der Waals surface area contributed by atoms with Crippen LogP contribution >= 0.6 is 0 Å². The highest BCUT2D eigenvalue weighted by atomic mass is 16.5. The molecule has 1 aromatic rings. The van der Waals surface area contributed by atoms with Gasteiger partial charge in [-0.05, 0) is 38.1 Å². The molecule has 0 saturated carbocycles. The fraction of sp³-hybridized carbons (Fsp3) is 0.556. The molecule has 0 bridgehead atoms. The third-order valence-electron chi connectivity index (χ3n) is 5.59. The van der Waals surface area contributed by atoms with Crippen LogP contribution in [-0.4, -0.2) is 62.7 Å². The highest BCUT2D eigenvalue weighted by molar-refractivity contribution is 6.02. The van der Waals surface area contributed by atoms with Crippen LogP contribution in [0.4, 0.5) is 5.69 Å². The lowest BCUT2D eigenvalue weighted by Crippen LogP contribution is -2.57. The van der Waals surface area contributed by atoms with Crippen molar-refractivity contribution < 1.29 is 14.3 Å². The van der Waals surface area contributed by atoms with Crippen LogP contribution in [0.3, 0.4) is 0 Å². The third-order valence-corrected chi connectivity index (χ3v) is 5.59. The highest BCUT2D eigenvalue weighted by Crippen LogP contribution is 2.43. The van der Waals surface area contributed by atoms with Crippen molar-refractivity contribution in [2.75, 3.05) is 39.2 Å². The minimum Gasteiger partial charge on any atom is -0.371 e. The van der Waals surface area contributed by atoms with Gasteiger partial charge in [0.15, 0.2) is 0 Å². The summed E-state index contributed by atoms with van der Waals surface area (Å²) >= 11 is 0. The quantitative estimate of drug-likeness (QED) is 0.893. The lowest BCUT2D eigenvalue weighted by atomic mass is 9.75. The van der Waals surface area contributed by atoms with Gasteiger partial charge in [-0.15, -0.1) is 0 Å². The minimum absolute atomic E-state index is 0.0624. The summed E-state index contributed by atoms with van der Waals surface area (Å²) in [6.07, 6.45) is 0.800. The first-order chi connectivity index (χ1) is 11.5. The fourth-order valence-corrected chi connectivity index (χ4v) is 4.13. The molecular formula is C18H25N3O3. The zero-order valence-electron chi connectivity index (χ0n) is 14.5. The Bertz CT molecular complexity index is 613. The summed E-state index contributed by atoms with van der Waals surface area (Å²) in [5, 5.41) is 3.32. The molecule has 2 amide bonds. The van der Waals surface area contributed by atoms with E-state index in [0.29, 0.717) is 0 Å². The van der Waals surface area contributed by atoms with Crippen molar-refractivity contribution in [2.24, 2.45) is 5.92 Å². The van der Waals surface area contributed by atoms with Crippen molar-refractivity contribution in [1.29, 1.82) is 0 Å². The van der Waals surface area contributed by atoms with E-state index < -0.39 is 17.6 Å². The van der Waals surface area contributed by atoms with Gasteiger partial charge >= 0.3 is 0 Å². The van der Waals surface area contributed by atoms with Gasteiger partial charge in [0.2, 0.25) is 5.91 Å². The Kier molecular flexibility index (Phi) is 4.60. The van der Waals surface area contributed by atoms with Crippen molar-refractivity contribution in [3.8, 4) is 0 Å². The number of ether oxygens (including phenoxy) is 1. The first-order valence-electron chi connectivity index (χ1n) is 8.37. The van der Waals surface area contributed by atoms with Gasteiger partial charge in [0.1, 0.15) is 6.10 Å². The number of para-hydroxylation sites is 1. The minimum atomic E-state index is -0.716. The Labute approximate surface area is 142 Å². The predicted octanol–water partition coefficient (Wildman–Crippen LogP) is 0.875. The Morgan fingerprint density at radius 1 is 1.29 bits per heavy atom. The molecule has 130 valence electrons. The summed E-state index contributed by atoms with van der Waals surface area (Å²) in [4.78, 5) is 29.4. The van der Waals surface area contributed by atoms with Crippen molar-refractivity contribution in [1.82, 2.24) is 10.2 Å². The van der Waals surface area contributed by atoms with Crippen LogP contribution in [0, 0.1) is 5.92 Å². The van der Waals surface area contributed by atoms with E-state index in [1.165, 1.54) is 7.11 Å². The summed E-state index contributed by atoms with van der Waals surface area (Å²) < 4.78 is 5.48. The van der Waals surface area contributed by atoms with E-state index >= 15 is 0 Å². The molecule has 1 aromatic carbocycles. The van der Waals surface area contributed by atoms with Crippen LogP contribution in [0.15, 0.2) is 30.3 Å². The van der Waals surface area contributed by atoms with E-state index in [0.717, 1.165) is 31.6 Å². The average Bonchev–Trinajstić information content (AvgIpc) is 2.83. The fourth-order valence-electron chi connectivity index (χ4n) is 4.13. The van der Waals surface area contributed by atoms with Crippen LogP contribution in [-0.2, 0) is 14.3 Å². The summed E-state index contributed by atoms with van der Waals surface area (Å²) in [5.74, 6) is -0.654. The van der Waals surface area contributed by atoms with Gasteiger partial charge in [-0.25, -0.2) is 0 Å². The van der Waals surface area contributed by atoms with Gasteiger partial charge in [-0.2, -0.15) is 0 Å². The molecule has 2 atom stereocenters. The second-order valence-electron chi connectivity index (χ2n) is 6.62. The van der Waals surface area contributed by atoms with E-state index in [1.807, 2.05) is 30.3 Å². The van der Waals surface area contributed by atoms with Gasteiger partial charge < -0.3 is 19.9 Å². The molecule has 2 fully saturated rings. The van der Waals surface area contributed by atoms with Crippen LogP contribution in [0.25, 0.3) is 0 Å². The Morgan fingerprint density at radius 3 is 2.50 bits per heavy atom. The number of hydrogen-bond donors (Lipinski definition) is 1. The standard InChI is InChI=1S/C18H25N3O3/c1-20(13-7-5-4-6-8-13)16(22)14-15(24-3)17(23)21(2)18(14)9-11-19-12-10-18/h4-8,14-15,19H,9-12H2,1-3H3/t14-,15+/m0/s1. The van der Waals surface area contributed by atoms with Crippen molar-refractivity contribution in [3.05, 3.63) is 30.3 Å². The number of rotatable bonds is 3. The number of piperidine rings is 1. The highest BCUT2D eigenvalue weighted by Gasteiger charge is 2.61. The van der Waals surface area contributed by atoms with Crippen LogP contribution in [0.5, 0.6) is 0 Å². The Hall–Kier alpha value is -1.92. The molecule has 0 aromatic heterocycles. The molecule has 6 nitrogen and oxygen atoms in total. The molecule has 2 saturated heterocycles. The first-order valence-corrected chi connectivity index (χ1v) is 8.37. The number of likely N-dealkylation sites (N-methyl/N-ethyl adjacent to an activating group) is 1. The Morgan fingerprint density at radius 2 is 1.92 bits per heavy atom. The zero-order valence-corrected chi connectivity index (χ0v) is 14.5. The van der Waals surface area contributed by atoms with E-state index in [9.17, 15) is 9.59 Å². The second-order valence-corrected chi connectivity index (χ2v) is 6.62. The lowest BCUT2D eigenvalue weighted by molar-refractivity contribution is -0.138. The molecule has 0 unspecified atom stereocenters. The van der Waals surface area contributed by atoms with E-state index in [4.69, 9.17) is 4.74 Å². The maximum Gasteiger partial charge on any atom is 0.252 e. The summed E-state index contributed by atoms with van der Waals surface area (Å²) in [5.41, 5.74) is 0.354. The third kappa shape index (κ3) is 2.50. The number of nitrogens with zero attached hydrogens (tertiary/aromatic N) is 2. The lowest BCUT2D eigenvalue weighted by Gasteiger charge is -2.43. The summed E-state index contributed by atoms with van der Waals surface area (Å²) in [7, 11) is 5.08. The number of carbonyl (C=O) groups is 2. The van der Waals surface area contributed by atoms with E-state index in [1.54, 1.807) is 23.9 Å². The van der Waals surface area contributed by atoms with Crippen molar-refractivity contribution in [3.63, 3.8) is 0 Å². The summed E-state index contributed by atoms with van der Waals surface area (Å²) in [6.45, 7) is 1.60. The predicted molar refractivity (Wildman–Crippen MR) is 91.7 cm³/mol. The normalized spacial score (nSPS) is 26.0. The maximum absolute atomic E-state index is 13.3. The number of nitrogens with one attached hydrogen (secondary N) is 1. The molecular weight excluding hydrogens is 306 g/mol. The van der Waals surface area contributed by atoms with Gasteiger partial charge in [-0.1, -0.05) is 18.2 Å². The number of benzene rings is 1. The number of methoxy groups -OCH3 is 1. The number of anilines is 1. The van der Waals surface area contributed by atoms with Crippen molar-refractivity contribution in [2.45, 2.75) is 24.5 Å². The smallest absolute Gasteiger partial charge is 0.252 e. The van der Waals surface area contributed by atoms with Crippen molar-refractivity contribution >= 4 is 17.5 Å². The molecule has 2 aliphatic rings. The SMILES string of the molecule is CO[C@H]1C(=O)N(C)C2(CCNCC2)[C@@H]1C(=O)N(C)c1ccccc1. The van der Waals surface area contributed by atoms with E-state index in [2.05, 4.69) is 5.32 Å². The largest absolute Gasteiger partial charge is 0.371 e. The monoisotopic (exact) mass is 331 g/mol. The zero-order chi connectivity index (χ0) is 17.3. The van der Waals surface area contributed by atoms with Crippen LogP contribution < -0.4 is 10.2 Å². The molecule has 1 N–H and O–H groups in total. The maximum atomic E-state index is 13.3. The summed E-state index contributed by atoms with van der Waals surface area (Å²) in [6, 6.07) is 9.52. The van der Waals surface area contributed by atoms with Gasteiger partial charge in [0.25, 0.3) is 5.91 Å². The molecule has 2 aliphatic heterocycles. The molecule has 6 heteroatoms. The topological polar surface area (TPSA) is 61.9 Å². The molecule has 0 aliphatic carbocycles. The van der Waals surface area contributed by atoms with Gasteiger partial charge in [-0.3, -0.25) is 9.59 Å². The van der Waals surface area contributed by atoms with Crippen LogP contribution in [0.2, 0.25) is 0 Å². The number of hydrogen-bond acceptors (Lipinski definition) is 4. The first kappa shape index (κ1) is 16.9. The number of amides is 2. The van der Waals surface area contributed by atoms with Gasteiger partial charge in [0.05, 0.1) is 11.5 Å². The molecule has 2 heterocycles. The molecule has 0 radical (unpaired) electrons. The second kappa shape index (κ2) is 6.53. The van der Waals surface area contributed by atoms with Gasteiger partial charge in [0, 0.05) is 26.9 Å². The number of likely N-dealkylation sites (tertiary alicyclic amines) is 1. The Balaban J connectivity index is 1.98. The number of carbonyl (C=O) groups excluding carboxylic acids is 2. The molecule has 24 heavy (non-hydrogen) atoms. The van der Waals surface area contributed by atoms with Crippen LogP contribution in [0.1, 0.15) is 12.8 Å². The molecule has 3 rings (SSSR count). The average molecular weight is 331 g/mol. The van der Waals surface area contributed by atoms with E-state index in [-0.39, 0.29) is 11.8 Å².